The monoisotopic (exact) mass is 748 g/mol. The van der Waals surface area contributed by atoms with Crippen molar-refractivity contribution in [2.75, 3.05) is 13.7 Å². The van der Waals surface area contributed by atoms with Crippen molar-refractivity contribution in [3.05, 3.63) is 94.3 Å². The van der Waals surface area contributed by atoms with Crippen molar-refractivity contribution in [2.45, 2.75) is 65.0 Å². The van der Waals surface area contributed by atoms with Gasteiger partial charge in [-0.05, 0) is 42.0 Å². The molecule has 1 aliphatic heterocycles. The molecule has 1 saturated heterocycles. The average molecular weight is 749 g/mol. The lowest BCUT2D eigenvalue weighted by Crippen LogP contribution is -2.63. The molecule has 0 N–H and O–H groups in total. The van der Waals surface area contributed by atoms with Gasteiger partial charge in [-0.25, -0.2) is 9.59 Å². The Labute approximate surface area is 307 Å². The Bertz CT molecular complexity index is 2060. The lowest BCUT2D eigenvalue weighted by molar-refractivity contribution is -0.288. The predicted octanol–water partition coefficient (Wildman–Crippen LogP) is 4.06. The summed E-state index contributed by atoms with van der Waals surface area (Å²) in [5.41, 5.74) is -0.263. The van der Waals surface area contributed by atoms with Crippen LogP contribution in [0.3, 0.4) is 0 Å². The molecular formula is C38H36O16. The molecule has 16 nitrogen and oxygen atoms in total. The summed E-state index contributed by atoms with van der Waals surface area (Å²) in [5.74, 6) is -3.97. The highest BCUT2D eigenvalue weighted by molar-refractivity contribution is 5.93. The Kier molecular flexibility index (Phi) is 12.5. The third kappa shape index (κ3) is 9.71. The molecule has 284 valence electrons. The summed E-state index contributed by atoms with van der Waals surface area (Å²) in [6.07, 6.45) is -7.22. The minimum absolute atomic E-state index is 0.0123. The van der Waals surface area contributed by atoms with Crippen molar-refractivity contribution >= 4 is 40.8 Å². The van der Waals surface area contributed by atoms with Gasteiger partial charge in [0, 0.05) is 33.8 Å². The number of hydrogen-bond donors (Lipinski definition) is 0. The molecule has 0 spiro atoms. The molecule has 1 aromatic heterocycles. The van der Waals surface area contributed by atoms with Gasteiger partial charge >= 0.3 is 35.5 Å². The van der Waals surface area contributed by atoms with E-state index in [9.17, 15) is 28.8 Å². The molecule has 5 atom stereocenters. The first-order valence-corrected chi connectivity index (χ1v) is 16.4. The molecule has 16 heteroatoms. The number of fused-ring (bicyclic) bond motifs is 1. The largest absolute Gasteiger partial charge is 0.497 e. The first kappa shape index (κ1) is 38.8. The zero-order chi connectivity index (χ0) is 38.9. The lowest BCUT2D eigenvalue weighted by atomic mass is 9.98. The van der Waals surface area contributed by atoms with Crippen LogP contribution < -0.4 is 24.6 Å². The van der Waals surface area contributed by atoms with Crippen LogP contribution in [0.25, 0.3) is 11.0 Å². The molecule has 1 aliphatic rings. The molecule has 3 aromatic carbocycles. The second kappa shape index (κ2) is 17.4. The number of esters is 5. The molecule has 5 rings (SSSR count). The van der Waals surface area contributed by atoms with Gasteiger partial charge in [-0.3, -0.25) is 19.2 Å². The van der Waals surface area contributed by atoms with Crippen molar-refractivity contribution in [3.63, 3.8) is 0 Å². The molecule has 0 bridgehead atoms. The van der Waals surface area contributed by atoms with Gasteiger partial charge in [0.2, 0.25) is 12.4 Å². The van der Waals surface area contributed by atoms with Gasteiger partial charge in [-0.15, -0.1) is 0 Å². The van der Waals surface area contributed by atoms with E-state index >= 15 is 0 Å². The summed E-state index contributed by atoms with van der Waals surface area (Å²) in [6, 6.07) is 19.2. The Morgan fingerprint density at radius 2 is 1.33 bits per heavy atom. The standard InChI is InChI=1S/C38H36O16/c1-20(39)46-19-30-32(48-21(2)40)33(49-22(3)41)35(50-23(4)42)38(53-30)51-27-15-16-28-29(17-27)52-37(44)34(54-36(43)25-9-7-6-8-10-25)31(28)47-18-24-11-13-26(45-5)14-12-24/h6-17,30,32-33,35,38H,18-19H2,1-5H3/t30-,32+,33+,35-,38-/m1/s1. The quantitative estimate of drug-likeness (QED) is 0.108. The third-order valence-electron chi connectivity index (χ3n) is 7.74. The van der Waals surface area contributed by atoms with Gasteiger partial charge in [0.05, 0.1) is 18.1 Å². The van der Waals surface area contributed by atoms with Gasteiger partial charge in [0.1, 0.15) is 36.4 Å². The van der Waals surface area contributed by atoms with Crippen LogP contribution >= 0.6 is 0 Å². The maximum Gasteiger partial charge on any atom is 0.383 e. The normalized spacial score (nSPS) is 19.2. The number of benzene rings is 3. The maximum absolute atomic E-state index is 13.4. The molecule has 0 radical (unpaired) electrons. The first-order chi connectivity index (χ1) is 25.8. The van der Waals surface area contributed by atoms with Crippen LogP contribution in [0, 0.1) is 0 Å². The van der Waals surface area contributed by atoms with Crippen LogP contribution in [0.2, 0.25) is 0 Å². The SMILES string of the molecule is COc1ccc(COc2c(OC(=O)c3ccccc3)c(=O)oc3cc(O[C@@H]4O[C@H](COC(C)=O)[C@H](OC(C)=O)[C@H](OC(C)=O)[C@H]4OC(C)=O)ccc23)cc1. The highest BCUT2D eigenvalue weighted by Gasteiger charge is 2.53. The van der Waals surface area contributed by atoms with Crippen molar-refractivity contribution in [2.24, 2.45) is 0 Å². The van der Waals surface area contributed by atoms with Crippen LogP contribution in [0.15, 0.2) is 82.0 Å². The van der Waals surface area contributed by atoms with E-state index in [0.29, 0.717) is 11.3 Å². The summed E-state index contributed by atoms with van der Waals surface area (Å²) in [5, 5.41) is 0.202. The zero-order valence-corrected chi connectivity index (χ0v) is 29.8. The van der Waals surface area contributed by atoms with Crippen molar-refractivity contribution in [3.8, 4) is 23.0 Å². The van der Waals surface area contributed by atoms with Gasteiger partial charge in [0.15, 0.2) is 18.0 Å². The molecular weight excluding hydrogens is 712 g/mol. The van der Waals surface area contributed by atoms with Gasteiger partial charge in [-0.1, -0.05) is 30.3 Å². The summed E-state index contributed by atoms with van der Waals surface area (Å²) < 4.78 is 56.0. The number of carbonyl (C=O) groups is 5. The Hall–Kier alpha value is -6.42. The van der Waals surface area contributed by atoms with Gasteiger partial charge in [-0.2, -0.15) is 0 Å². The first-order valence-electron chi connectivity index (χ1n) is 16.4. The van der Waals surface area contributed by atoms with Gasteiger partial charge in [0.25, 0.3) is 5.75 Å². The summed E-state index contributed by atoms with van der Waals surface area (Å²) in [6.45, 7) is 3.91. The van der Waals surface area contributed by atoms with E-state index in [1.54, 1.807) is 42.5 Å². The number of ether oxygens (including phenoxy) is 9. The fourth-order valence-corrected chi connectivity index (χ4v) is 5.46. The minimum Gasteiger partial charge on any atom is -0.497 e. The van der Waals surface area contributed by atoms with E-state index in [1.807, 2.05) is 0 Å². The second-order valence-corrected chi connectivity index (χ2v) is 11.8. The fraction of sp³-hybridized carbons (Fsp3) is 0.316. The van der Waals surface area contributed by atoms with Crippen LogP contribution in [-0.2, 0) is 49.5 Å². The van der Waals surface area contributed by atoms with Crippen LogP contribution in [0.5, 0.6) is 23.0 Å². The summed E-state index contributed by atoms with van der Waals surface area (Å²) in [7, 11) is 1.53. The summed E-state index contributed by atoms with van der Waals surface area (Å²) >= 11 is 0. The second-order valence-electron chi connectivity index (χ2n) is 11.8. The molecule has 0 aliphatic carbocycles. The Morgan fingerprint density at radius 1 is 0.704 bits per heavy atom. The number of rotatable bonds is 13. The zero-order valence-electron chi connectivity index (χ0n) is 29.8. The van der Waals surface area contributed by atoms with E-state index in [0.717, 1.165) is 27.7 Å². The van der Waals surface area contributed by atoms with Crippen LogP contribution in [0.4, 0.5) is 0 Å². The number of hydrogen-bond acceptors (Lipinski definition) is 16. The predicted molar refractivity (Wildman–Crippen MR) is 184 cm³/mol. The topological polar surface area (TPSA) is 199 Å². The maximum atomic E-state index is 13.4. The van der Waals surface area contributed by atoms with E-state index in [2.05, 4.69) is 0 Å². The third-order valence-corrected chi connectivity index (χ3v) is 7.74. The fourth-order valence-electron chi connectivity index (χ4n) is 5.46. The lowest BCUT2D eigenvalue weighted by Gasteiger charge is -2.43. The van der Waals surface area contributed by atoms with Crippen LogP contribution in [0.1, 0.15) is 43.6 Å². The molecule has 4 aromatic rings. The molecule has 0 unspecified atom stereocenters. The molecule has 1 fully saturated rings. The number of methoxy groups -OCH3 is 1. The Morgan fingerprint density at radius 3 is 1.96 bits per heavy atom. The van der Waals surface area contributed by atoms with Crippen molar-refractivity contribution in [1.82, 2.24) is 0 Å². The molecule has 0 saturated carbocycles. The van der Waals surface area contributed by atoms with E-state index in [1.165, 1.54) is 37.4 Å². The smallest absolute Gasteiger partial charge is 0.383 e. The highest BCUT2D eigenvalue weighted by Crippen LogP contribution is 2.37. The highest BCUT2D eigenvalue weighted by atomic mass is 16.7. The molecule has 2 heterocycles. The Balaban J connectivity index is 1.53. The average Bonchev–Trinajstić information content (AvgIpc) is 3.13. The van der Waals surface area contributed by atoms with E-state index in [4.69, 9.17) is 47.0 Å². The van der Waals surface area contributed by atoms with Crippen LogP contribution in [-0.4, -0.2) is 74.3 Å². The van der Waals surface area contributed by atoms with Gasteiger partial charge < -0.3 is 47.0 Å². The molecule has 0 amide bonds. The van der Waals surface area contributed by atoms with Crippen molar-refractivity contribution in [1.29, 1.82) is 0 Å². The molecule has 54 heavy (non-hydrogen) atoms. The minimum atomic E-state index is -1.56. The van der Waals surface area contributed by atoms with E-state index < -0.39 is 78.5 Å². The number of carbonyl (C=O) groups excluding carboxylic acids is 5. The van der Waals surface area contributed by atoms with E-state index in [-0.39, 0.29) is 34.6 Å². The van der Waals surface area contributed by atoms with Crippen molar-refractivity contribution < 1.29 is 71.0 Å². The summed E-state index contributed by atoms with van der Waals surface area (Å²) in [4.78, 5) is 74.7.